The molecule has 1 aromatic heterocycles. The number of phenols is 1. The van der Waals surface area contributed by atoms with Crippen LogP contribution in [0.4, 0.5) is 0 Å². The Kier molecular flexibility index (Phi) is 4.91. The zero-order valence-electron chi connectivity index (χ0n) is 15.8. The van der Waals surface area contributed by atoms with Crippen LogP contribution in [0.15, 0.2) is 45.6 Å². The molecule has 28 heavy (non-hydrogen) atoms. The second-order valence-corrected chi connectivity index (χ2v) is 7.92. The number of β-amino-alcohol motifs (C(OH)–C–C–N with tert-alkyl or cyclic N) is 1. The molecule has 3 aromatic rings. The molecule has 0 amide bonds. The first-order valence-corrected chi connectivity index (χ1v) is 9.66. The highest BCUT2D eigenvalue weighted by molar-refractivity contribution is 6.33. The van der Waals surface area contributed by atoms with E-state index in [-0.39, 0.29) is 22.5 Å². The number of benzene rings is 2. The predicted octanol–water partition coefficient (Wildman–Crippen LogP) is 3.91. The number of aliphatic hydroxyl groups excluding tert-OH is 1. The fraction of sp³-hybridized carbons (Fsp3) is 0.318. The summed E-state index contributed by atoms with van der Waals surface area (Å²) in [5.41, 5.74) is 2.17. The van der Waals surface area contributed by atoms with E-state index in [4.69, 9.17) is 16.0 Å². The molecule has 1 saturated heterocycles. The third kappa shape index (κ3) is 3.20. The second-order valence-electron chi connectivity index (χ2n) is 7.51. The van der Waals surface area contributed by atoms with Gasteiger partial charge in [0.15, 0.2) is 5.43 Å². The highest BCUT2D eigenvalue weighted by atomic mass is 35.5. The van der Waals surface area contributed by atoms with Crippen LogP contribution in [0.3, 0.4) is 0 Å². The molecule has 1 aliphatic heterocycles. The molecule has 146 valence electrons. The molecule has 0 radical (unpaired) electrons. The van der Waals surface area contributed by atoms with Crippen molar-refractivity contribution in [2.24, 2.45) is 0 Å². The van der Waals surface area contributed by atoms with Crippen LogP contribution in [0.5, 0.6) is 5.75 Å². The number of nitrogens with zero attached hydrogens (tertiary/aromatic N) is 1. The Labute approximate surface area is 167 Å². The van der Waals surface area contributed by atoms with Crippen LogP contribution in [-0.2, 0) is 0 Å². The molecule has 1 aliphatic rings. The number of hydrogen-bond donors (Lipinski definition) is 2. The van der Waals surface area contributed by atoms with Crippen molar-refractivity contribution in [3.63, 3.8) is 0 Å². The topological polar surface area (TPSA) is 73.9 Å². The number of fused-ring (bicyclic) bond motifs is 1. The summed E-state index contributed by atoms with van der Waals surface area (Å²) < 4.78 is 6.16. The predicted molar refractivity (Wildman–Crippen MR) is 110 cm³/mol. The number of halogens is 1. The minimum atomic E-state index is -0.584. The van der Waals surface area contributed by atoms with E-state index >= 15 is 0 Å². The molecule has 1 fully saturated rings. The molecule has 0 unspecified atom stereocenters. The molecule has 0 aliphatic carbocycles. The van der Waals surface area contributed by atoms with Gasteiger partial charge < -0.3 is 19.5 Å². The van der Waals surface area contributed by atoms with Crippen LogP contribution in [-0.4, -0.2) is 41.4 Å². The third-order valence-electron chi connectivity index (χ3n) is 5.52. The van der Waals surface area contributed by atoms with E-state index in [9.17, 15) is 15.0 Å². The van der Waals surface area contributed by atoms with Crippen molar-refractivity contribution in [1.29, 1.82) is 0 Å². The van der Waals surface area contributed by atoms with Crippen molar-refractivity contribution in [3.8, 4) is 17.1 Å². The number of likely N-dealkylation sites (N-methyl/N-ethyl adjacent to an activating group) is 1. The maximum Gasteiger partial charge on any atom is 0.197 e. The van der Waals surface area contributed by atoms with Crippen LogP contribution in [0.2, 0.25) is 5.02 Å². The van der Waals surface area contributed by atoms with Crippen molar-refractivity contribution >= 4 is 22.6 Å². The quantitative estimate of drug-likeness (QED) is 0.683. The first-order valence-electron chi connectivity index (χ1n) is 9.28. The van der Waals surface area contributed by atoms with Crippen molar-refractivity contribution in [2.75, 3.05) is 20.1 Å². The van der Waals surface area contributed by atoms with Gasteiger partial charge in [-0.15, -0.1) is 0 Å². The summed E-state index contributed by atoms with van der Waals surface area (Å²) in [4.78, 5) is 14.9. The highest BCUT2D eigenvalue weighted by Crippen LogP contribution is 2.40. The van der Waals surface area contributed by atoms with Gasteiger partial charge in [-0.1, -0.05) is 23.7 Å². The van der Waals surface area contributed by atoms with Crippen molar-refractivity contribution in [2.45, 2.75) is 25.4 Å². The molecule has 2 atom stereocenters. The normalized spacial score (nSPS) is 20.6. The lowest BCUT2D eigenvalue weighted by molar-refractivity contribution is 0.0637. The Morgan fingerprint density at radius 1 is 1.25 bits per heavy atom. The van der Waals surface area contributed by atoms with Crippen molar-refractivity contribution < 1.29 is 14.6 Å². The largest absolute Gasteiger partial charge is 0.507 e. The van der Waals surface area contributed by atoms with Crippen LogP contribution in [0.25, 0.3) is 22.3 Å². The van der Waals surface area contributed by atoms with Crippen LogP contribution >= 0.6 is 11.6 Å². The maximum absolute atomic E-state index is 12.9. The molecular weight excluding hydrogens is 378 g/mol. The van der Waals surface area contributed by atoms with Gasteiger partial charge in [0, 0.05) is 29.7 Å². The van der Waals surface area contributed by atoms with Gasteiger partial charge in [0.2, 0.25) is 0 Å². The van der Waals surface area contributed by atoms with Gasteiger partial charge >= 0.3 is 0 Å². The lowest BCUT2D eigenvalue weighted by atomic mass is 9.83. The number of rotatable bonds is 2. The van der Waals surface area contributed by atoms with Crippen molar-refractivity contribution in [3.05, 3.63) is 62.8 Å². The van der Waals surface area contributed by atoms with E-state index in [0.29, 0.717) is 28.5 Å². The van der Waals surface area contributed by atoms with Gasteiger partial charge in [-0.25, -0.2) is 0 Å². The highest BCUT2D eigenvalue weighted by Gasteiger charge is 2.32. The number of aromatic hydroxyl groups is 1. The number of hydrogen-bond acceptors (Lipinski definition) is 5. The molecular formula is C22H22ClNO4. The Hall–Kier alpha value is -2.34. The maximum atomic E-state index is 12.9. The minimum Gasteiger partial charge on any atom is -0.507 e. The number of aliphatic hydroxyl groups is 1. The Bertz CT molecular complexity index is 1110. The van der Waals surface area contributed by atoms with Crippen LogP contribution in [0.1, 0.15) is 23.5 Å². The smallest absolute Gasteiger partial charge is 0.197 e. The van der Waals surface area contributed by atoms with E-state index < -0.39 is 6.10 Å². The first kappa shape index (κ1) is 19.0. The Balaban J connectivity index is 2.00. The van der Waals surface area contributed by atoms with E-state index in [1.54, 1.807) is 24.3 Å². The van der Waals surface area contributed by atoms with Crippen molar-refractivity contribution in [1.82, 2.24) is 4.90 Å². The minimum absolute atomic E-state index is 0.113. The summed E-state index contributed by atoms with van der Waals surface area (Å²) in [6, 6.07) is 10.1. The molecule has 2 heterocycles. The number of likely N-dealkylation sites (tertiary alicyclic amines) is 1. The molecule has 2 N–H and O–H groups in total. The van der Waals surface area contributed by atoms with E-state index in [1.807, 2.05) is 20.0 Å². The lowest BCUT2D eigenvalue weighted by Crippen LogP contribution is -2.40. The molecule has 0 bridgehead atoms. The molecule has 5 nitrogen and oxygen atoms in total. The SMILES string of the molecule is Cc1cc(O)c2c(=O)cc(-c3ccccc3Cl)oc2c1[C@H]1CCN(C)C[C@H]1O. The summed E-state index contributed by atoms with van der Waals surface area (Å²) >= 11 is 6.30. The average Bonchev–Trinajstić information content (AvgIpc) is 2.63. The summed E-state index contributed by atoms with van der Waals surface area (Å²) in [6.45, 7) is 3.24. The lowest BCUT2D eigenvalue weighted by Gasteiger charge is -2.34. The first-order chi connectivity index (χ1) is 13.4. The van der Waals surface area contributed by atoms with Gasteiger partial charge in [-0.05, 0) is 50.7 Å². The van der Waals surface area contributed by atoms with E-state index in [2.05, 4.69) is 4.90 Å². The number of aryl methyl sites for hydroxylation is 1. The summed E-state index contributed by atoms with van der Waals surface area (Å²) in [5.74, 6) is 0.0545. The molecule has 6 heteroatoms. The summed E-state index contributed by atoms with van der Waals surface area (Å²) in [7, 11) is 1.97. The third-order valence-corrected chi connectivity index (χ3v) is 5.85. The Morgan fingerprint density at radius 3 is 2.71 bits per heavy atom. The molecule has 2 aromatic carbocycles. The van der Waals surface area contributed by atoms with Crippen LogP contribution in [0, 0.1) is 6.92 Å². The van der Waals surface area contributed by atoms with Crippen LogP contribution < -0.4 is 5.43 Å². The summed E-state index contributed by atoms with van der Waals surface area (Å²) in [6.07, 6.45) is 0.151. The Morgan fingerprint density at radius 2 is 2.00 bits per heavy atom. The van der Waals surface area contributed by atoms with Gasteiger partial charge in [0.25, 0.3) is 0 Å². The van der Waals surface area contributed by atoms with Gasteiger partial charge in [0.1, 0.15) is 22.5 Å². The van der Waals surface area contributed by atoms with Gasteiger partial charge in [-0.2, -0.15) is 0 Å². The average molecular weight is 400 g/mol. The standard InChI is InChI=1S/C22H22ClNO4/c1-12-9-16(25)21-17(26)10-19(13-5-3-4-6-15(13)23)28-22(21)20(12)14-7-8-24(2)11-18(14)27/h3-6,9-10,14,18,25,27H,7-8,11H2,1-2H3/t14-,18+/m0/s1. The number of phenolic OH excluding ortho intramolecular Hbond substituents is 1. The summed E-state index contributed by atoms with van der Waals surface area (Å²) in [5, 5.41) is 21.7. The van der Waals surface area contributed by atoms with Gasteiger partial charge in [0.05, 0.1) is 11.1 Å². The monoisotopic (exact) mass is 399 g/mol. The molecule has 0 saturated carbocycles. The fourth-order valence-electron chi connectivity index (χ4n) is 4.14. The van der Waals surface area contributed by atoms with E-state index in [0.717, 1.165) is 24.1 Å². The van der Waals surface area contributed by atoms with E-state index in [1.165, 1.54) is 6.07 Å². The second kappa shape index (κ2) is 7.24. The zero-order chi connectivity index (χ0) is 20.0. The van der Waals surface area contributed by atoms with Gasteiger partial charge in [-0.3, -0.25) is 4.79 Å². The number of piperidine rings is 1. The molecule has 0 spiro atoms. The fourth-order valence-corrected chi connectivity index (χ4v) is 4.37. The molecule has 4 rings (SSSR count). The zero-order valence-corrected chi connectivity index (χ0v) is 16.5.